The maximum Gasteiger partial charge on any atom is 0.228 e. The SMILES string of the molecule is CCCC1(C(=O)N[C@H](C)c2ccccc2Br)CCNC1. The molecule has 1 aromatic rings. The lowest BCUT2D eigenvalue weighted by Crippen LogP contribution is -2.43. The number of hydrogen-bond acceptors (Lipinski definition) is 2. The molecule has 4 heteroatoms. The summed E-state index contributed by atoms with van der Waals surface area (Å²) in [5.41, 5.74) is 0.906. The summed E-state index contributed by atoms with van der Waals surface area (Å²) in [6.45, 7) is 5.93. The van der Waals surface area contributed by atoms with Crippen molar-refractivity contribution < 1.29 is 4.79 Å². The molecule has 1 unspecified atom stereocenters. The number of carbonyl (C=O) groups excluding carboxylic acids is 1. The Kier molecular flexibility index (Phi) is 5.22. The van der Waals surface area contributed by atoms with Crippen molar-refractivity contribution in [3.05, 3.63) is 34.3 Å². The maximum atomic E-state index is 12.7. The van der Waals surface area contributed by atoms with E-state index in [-0.39, 0.29) is 17.4 Å². The number of benzene rings is 1. The largest absolute Gasteiger partial charge is 0.349 e. The zero-order valence-electron chi connectivity index (χ0n) is 12.2. The number of hydrogen-bond donors (Lipinski definition) is 2. The molecule has 3 nitrogen and oxygen atoms in total. The Morgan fingerprint density at radius 1 is 1.50 bits per heavy atom. The number of halogens is 1. The van der Waals surface area contributed by atoms with Crippen LogP contribution in [0.15, 0.2) is 28.7 Å². The van der Waals surface area contributed by atoms with Crippen LogP contribution in [0.1, 0.15) is 44.7 Å². The predicted molar refractivity (Wildman–Crippen MR) is 85.5 cm³/mol. The first-order valence-corrected chi connectivity index (χ1v) is 8.14. The minimum absolute atomic E-state index is 0.0207. The highest BCUT2D eigenvalue weighted by molar-refractivity contribution is 9.10. The van der Waals surface area contributed by atoms with Gasteiger partial charge in [0.2, 0.25) is 5.91 Å². The summed E-state index contributed by atoms with van der Waals surface area (Å²) < 4.78 is 1.04. The number of nitrogens with one attached hydrogen (secondary N) is 2. The van der Waals surface area contributed by atoms with Gasteiger partial charge in [-0.05, 0) is 37.9 Å². The minimum Gasteiger partial charge on any atom is -0.349 e. The van der Waals surface area contributed by atoms with Gasteiger partial charge in [0.05, 0.1) is 11.5 Å². The molecule has 2 atom stereocenters. The first kappa shape index (κ1) is 15.5. The highest BCUT2D eigenvalue weighted by Gasteiger charge is 2.40. The third-order valence-corrected chi connectivity index (χ3v) is 4.90. The molecule has 2 rings (SSSR count). The second kappa shape index (κ2) is 6.72. The Morgan fingerprint density at radius 2 is 2.25 bits per heavy atom. The monoisotopic (exact) mass is 338 g/mol. The van der Waals surface area contributed by atoms with Crippen molar-refractivity contribution in [3.8, 4) is 0 Å². The summed E-state index contributed by atoms with van der Waals surface area (Å²) in [5.74, 6) is 0.188. The van der Waals surface area contributed by atoms with Crippen molar-refractivity contribution in [1.82, 2.24) is 10.6 Å². The van der Waals surface area contributed by atoms with Crippen molar-refractivity contribution in [1.29, 1.82) is 0 Å². The molecule has 0 bridgehead atoms. The van der Waals surface area contributed by atoms with Gasteiger partial charge in [-0.3, -0.25) is 4.79 Å². The van der Waals surface area contributed by atoms with E-state index in [0.29, 0.717) is 0 Å². The quantitative estimate of drug-likeness (QED) is 0.863. The first-order chi connectivity index (χ1) is 9.59. The molecular weight excluding hydrogens is 316 g/mol. The summed E-state index contributed by atoms with van der Waals surface area (Å²) in [4.78, 5) is 12.7. The molecule has 110 valence electrons. The van der Waals surface area contributed by atoms with Crippen molar-refractivity contribution in [2.45, 2.75) is 39.2 Å². The highest BCUT2D eigenvalue weighted by atomic mass is 79.9. The van der Waals surface area contributed by atoms with Crippen LogP contribution in [0.4, 0.5) is 0 Å². The van der Waals surface area contributed by atoms with Crippen molar-refractivity contribution in [2.75, 3.05) is 13.1 Å². The highest BCUT2D eigenvalue weighted by Crippen LogP contribution is 2.32. The van der Waals surface area contributed by atoms with E-state index in [0.717, 1.165) is 42.4 Å². The van der Waals surface area contributed by atoms with Gasteiger partial charge in [0.1, 0.15) is 0 Å². The molecular formula is C16H23BrN2O. The summed E-state index contributed by atoms with van der Waals surface area (Å²) >= 11 is 3.55. The summed E-state index contributed by atoms with van der Waals surface area (Å²) in [7, 11) is 0. The van der Waals surface area contributed by atoms with Gasteiger partial charge < -0.3 is 10.6 Å². The number of carbonyl (C=O) groups is 1. The van der Waals surface area contributed by atoms with Crippen LogP contribution >= 0.6 is 15.9 Å². The van der Waals surface area contributed by atoms with Gasteiger partial charge in [0, 0.05) is 11.0 Å². The van der Waals surface area contributed by atoms with Gasteiger partial charge in [0.15, 0.2) is 0 Å². The molecule has 20 heavy (non-hydrogen) atoms. The topological polar surface area (TPSA) is 41.1 Å². The molecule has 2 N–H and O–H groups in total. The Bertz CT molecular complexity index is 469. The second-order valence-corrected chi connectivity index (χ2v) is 6.53. The van der Waals surface area contributed by atoms with E-state index in [2.05, 4.69) is 39.6 Å². The maximum absolute atomic E-state index is 12.7. The fourth-order valence-electron chi connectivity index (χ4n) is 3.00. The smallest absolute Gasteiger partial charge is 0.228 e. The van der Waals surface area contributed by atoms with Crippen LogP contribution in [0, 0.1) is 5.41 Å². The van der Waals surface area contributed by atoms with Gasteiger partial charge in [-0.2, -0.15) is 0 Å². The molecule has 0 aliphatic carbocycles. The lowest BCUT2D eigenvalue weighted by Gasteiger charge is -2.29. The molecule has 0 saturated carbocycles. The van der Waals surface area contributed by atoms with Gasteiger partial charge >= 0.3 is 0 Å². The number of amides is 1. The molecule has 0 aromatic heterocycles. The van der Waals surface area contributed by atoms with E-state index in [4.69, 9.17) is 0 Å². The van der Waals surface area contributed by atoms with E-state index in [1.807, 2.05) is 25.1 Å². The van der Waals surface area contributed by atoms with Crippen molar-refractivity contribution in [3.63, 3.8) is 0 Å². The second-order valence-electron chi connectivity index (χ2n) is 5.67. The third kappa shape index (κ3) is 3.23. The fourth-order valence-corrected chi connectivity index (χ4v) is 3.62. The molecule has 1 aromatic carbocycles. The van der Waals surface area contributed by atoms with Crippen molar-refractivity contribution in [2.24, 2.45) is 5.41 Å². The summed E-state index contributed by atoms with van der Waals surface area (Å²) in [6.07, 6.45) is 2.93. The third-order valence-electron chi connectivity index (χ3n) is 4.17. The predicted octanol–water partition coefficient (Wildman–Crippen LogP) is 3.41. The Hall–Kier alpha value is -0.870. The number of rotatable bonds is 5. The fraction of sp³-hybridized carbons (Fsp3) is 0.562. The normalized spacial score (nSPS) is 23.6. The average molecular weight is 339 g/mol. The van der Waals surface area contributed by atoms with Gasteiger partial charge in [-0.1, -0.05) is 47.5 Å². The Balaban J connectivity index is 2.08. The molecule has 1 aliphatic rings. The summed E-state index contributed by atoms with van der Waals surface area (Å²) in [6, 6.07) is 8.07. The zero-order chi connectivity index (χ0) is 14.6. The van der Waals surface area contributed by atoms with Crippen molar-refractivity contribution >= 4 is 21.8 Å². The molecule has 0 radical (unpaired) electrons. The average Bonchev–Trinajstić information content (AvgIpc) is 2.89. The van der Waals surface area contributed by atoms with E-state index < -0.39 is 0 Å². The Morgan fingerprint density at radius 3 is 2.85 bits per heavy atom. The first-order valence-electron chi connectivity index (χ1n) is 7.35. The van der Waals surface area contributed by atoms with Crippen LogP contribution in [-0.4, -0.2) is 19.0 Å². The van der Waals surface area contributed by atoms with E-state index >= 15 is 0 Å². The van der Waals surface area contributed by atoms with Crippen LogP contribution in [0.2, 0.25) is 0 Å². The molecule has 1 heterocycles. The molecule has 0 spiro atoms. The lowest BCUT2D eigenvalue weighted by molar-refractivity contribution is -0.131. The molecule has 1 saturated heterocycles. The summed E-state index contributed by atoms with van der Waals surface area (Å²) in [5, 5.41) is 6.53. The van der Waals surface area contributed by atoms with Crippen LogP contribution < -0.4 is 10.6 Å². The van der Waals surface area contributed by atoms with Crippen LogP contribution in [0.3, 0.4) is 0 Å². The standard InChI is InChI=1S/C16H23BrN2O/c1-3-8-16(9-10-18-11-16)15(20)19-12(2)13-6-4-5-7-14(13)17/h4-7,12,18H,3,8-11H2,1-2H3,(H,19,20)/t12-,16?/m1/s1. The Labute approximate surface area is 129 Å². The van der Waals surface area contributed by atoms with E-state index in [1.165, 1.54) is 0 Å². The van der Waals surface area contributed by atoms with Crippen LogP contribution in [-0.2, 0) is 4.79 Å². The zero-order valence-corrected chi connectivity index (χ0v) is 13.8. The van der Waals surface area contributed by atoms with Gasteiger partial charge in [0.25, 0.3) is 0 Å². The van der Waals surface area contributed by atoms with Crippen LogP contribution in [0.5, 0.6) is 0 Å². The van der Waals surface area contributed by atoms with Gasteiger partial charge in [-0.25, -0.2) is 0 Å². The van der Waals surface area contributed by atoms with E-state index in [9.17, 15) is 4.79 Å². The van der Waals surface area contributed by atoms with Crippen LogP contribution in [0.25, 0.3) is 0 Å². The molecule has 1 amide bonds. The minimum atomic E-state index is -0.218. The molecule has 1 fully saturated rings. The van der Waals surface area contributed by atoms with E-state index in [1.54, 1.807) is 0 Å². The molecule has 1 aliphatic heterocycles. The van der Waals surface area contributed by atoms with Gasteiger partial charge in [-0.15, -0.1) is 0 Å². The lowest BCUT2D eigenvalue weighted by atomic mass is 9.81.